The molecule has 7 heteroatoms. The average molecular weight is 550 g/mol. The molecule has 1 N–H and O–H groups in total. The van der Waals surface area contributed by atoms with E-state index in [1.807, 2.05) is 62.5 Å². The number of urea groups is 1. The minimum atomic E-state index is -0.347. The first-order valence-electron chi connectivity index (χ1n) is 13.2. The first kappa shape index (κ1) is 23.7. The summed E-state index contributed by atoms with van der Waals surface area (Å²) in [6.07, 6.45) is 7.97. The van der Waals surface area contributed by atoms with Gasteiger partial charge in [0, 0.05) is 17.1 Å². The van der Waals surface area contributed by atoms with Gasteiger partial charge in [0.15, 0.2) is 0 Å². The van der Waals surface area contributed by atoms with Gasteiger partial charge in [-0.2, -0.15) is 0 Å². The standard InChI is InChI=1S/C29H33BrN4O2/c1-3-25(33(2)28(36)32-29-15-18-12-19(16-29)14-20(13-18)17-29)26-31-24-7-5-4-6-23(24)27(35)34(26)22-10-8-21(30)9-11-22/h4-11,18-20,25H,3,12-17H2,1-2H3,(H,32,36). The zero-order valence-corrected chi connectivity index (χ0v) is 22.5. The number of carbonyl (C=O) groups is 1. The van der Waals surface area contributed by atoms with Crippen LogP contribution in [0.4, 0.5) is 4.79 Å². The van der Waals surface area contributed by atoms with Crippen molar-refractivity contribution in [1.29, 1.82) is 0 Å². The summed E-state index contributed by atoms with van der Waals surface area (Å²) in [6, 6.07) is 14.7. The summed E-state index contributed by atoms with van der Waals surface area (Å²) in [7, 11) is 1.84. The number of carbonyl (C=O) groups excluding carboxylic acids is 1. The summed E-state index contributed by atoms with van der Waals surface area (Å²) >= 11 is 3.49. The van der Waals surface area contributed by atoms with E-state index < -0.39 is 0 Å². The molecule has 0 radical (unpaired) electrons. The number of fused-ring (bicyclic) bond motifs is 1. The van der Waals surface area contributed by atoms with Crippen molar-refractivity contribution >= 4 is 32.9 Å². The van der Waals surface area contributed by atoms with Crippen LogP contribution in [0.25, 0.3) is 16.6 Å². The Bertz CT molecular complexity index is 1330. The van der Waals surface area contributed by atoms with Crippen molar-refractivity contribution in [1.82, 2.24) is 19.8 Å². The summed E-state index contributed by atoms with van der Waals surface area (Å²) in [6.45, 7) is 2.05. The largest absolute Gasteiger partial charge is 0.333 e. The van der Waals surface area contributed by atoms with E-state index >= 15 is 0 Å². The van der Waals surface area contributed by atoms with Gasteiger partial charge in [0.2, 0.25) is 0 Å². The van der Waals surface area contributed by atoms with Crippen molar-refractivity contribution in [2.24, 2.45) is 17.8 Å². The van der Waals surface area contributed by atoms with Gasteiger partial charge in [0.05, 0.1) is 22.6 Å². The summed E-state index contributed by atoms with van der Waals surface area (Å²) in [5, 5.41) is 4.06. The number of hydrogen-bond acceptors (Lipinski definition) is 3. The zero-order chi connectivity index (χ0) is 25.0. The predicted octanol–water partition coefficient (Wildman–Crippen LogP) is 6.21. The van der Waals surface area contributed by atoms with Gasteiger partial charge in [-0.15, -0.1) is 0 Å². The third kappa shape index (κ3) is 4.05. The highest BCUT2D eigenvalue weighted by Crippen LogP contribution is 2.55. The fourth-order valence-corrected chi connectivity index (χ4v) is 7.83. The van der Waals surface area contributed by atoms with Gasteiger partial charge in [-0.3, -0.25) is 9.36 Å². The maximum atomic E-state index is 13.7. The molecule has 2 aromatic carbocycles. The van der Waals surface area contributed by atoms with Gasteiger partial charge in [-0.25, -0.2) is 9.78 Å². The van der Waals surface area contributed by atoms with Crippen molar-refractivity contribution in [2.45, 2.75) is 63.5 Å². The molecule has 2 amide bonds. The van der Waals surface area contributed by atoms with Crippen LogP contribution < -0.4 is 10.9 Å². The van der Waals surface area contributed by atoms with E-state index in [0.29, 0.717) is 23.1 Å². The second-order valence-electron chi connectivity index (χ2n) is 11.3. The van der Waals surface area contributed by atoms with E-state index in [-0.39, 0.29) is 23.2 Å². The number of nitrogens with zero attached hydrogens (tertiary/aromatic N) is 3. The fourth-order valence-electron chi connectivity index (χ4n) is 7.56. The van der Waals surface area contributed by atoms with Gasteiger partial charge in [0.1, 0.15) is 5.82 Å². The van der Waals surface area contributed by atoms with Crippen molar-refractivity contribution < 1.29 is 4.79 Å². The summed E-state index contributed by atoms with van der Waals surface area (Å²) in [5.74, 6) is 2.86. The molecule has 1 aromatic heterocycles. The molecular weight excluding hydrogens is 516 g/mol. The molecule has 4 aliphatic carbocycles. The maximum Gasteiger partial charge on any atom is 0.318 e. The Labute approximate surface area is 220 Å². The highest BCUT2D eigenvalue weighted by Gasteiger charge is 2.52. The number of amides is 2. The molecule has 4 aliphatic rings. The number of hydrogen-bond donors (Lipinski definition) is 1. The topological polar surface area (TPSA) is 67.2 Å². The van der Waals surface area contributed by atoms with E-state index in [4.69, 9.17) is 4.98 Å². The molecule has 1 unspecified atom stereocenters. The van der Waals surface area contributed by atoms with E-state index in [0.717, 1.165) is 47.2 Å². The summed E-state index contributed by atoms with van der Waals surface area (Å²) < 4.78 is 2.62. The smallest absolute Gasteiger partial charge is 0.318 e. The van der Waals surface area contributed by atoms with Crippen molar-refractivity contribution in [3.8, 4) is 5.69 Å². The predicted molar refractivity (Wildman–Crippen MR) is 145 cm³/mol. The quantitative estimate of drug-likeness (QED) is 0.412. The SMILES string of the molecule is CCC(c1nc2ccccc2c(=O)n1-c1ccc(Br)cc1)N(C)C(=O)NC12CC3CC(CC(C3)C1)C2. The molecule has 6 nitrogen and oxygen atoms in total. The Morgan fingerprint density at radius 1 is 1.08 bits per heavy atom. The van der Waals surface area contributed by atoms with E-state index in [9.17, 15) is 9.59 Å². The van der Waals surface area contributed by atoms with Crippen molar-refractivity contribution in [3.63, 3.8) is 0 Å². The summed E-state index contributed by atoms with van der Waals surface area (Å²) in [4.78, 5) is 34.2. The van der Waals surface area contributed by atoms with Crippen LogP contribution in [0.3, 0.4) is 0 Å². The van der Waals surface area contributed by atoms with Gasteiger partial charge in [-0.1, -0.05) is 35.0 Å². The molecule has 7 rings (SSSR count). The molecule has 4 saturated carbocycles. The first-order valence-corrected chi connectivity index (χ1v) is 14.0. The van der Waals surface area contributed by atoms with Crippen LogP contribution in [-0.2, 0) is 0 Å². The Kier molecular flexibility index (Phi) is 5.94. The molecule has 0 saturated heterocycles. The lowest BCUT2D eigenvalue weighted by atomic mass is 9.53. The lowest BCUT2D eigenvalue weighted by Gasteiger charge is -2.57. The molecule has 3 aromatic rings. The Morgan fingerprint density at radius 2 is 1.69 bits per heavy atom. The van der Waals surface area contributed by atoms with Gasteiger partial charge >= 0.3 is 6.03 Å². The van der Waals surface area contributed by atoms with E-state index in [1.54, 1.807) is 9.47 Å². The van der Waals surface area contributed by atoms with Crippen LogP contribution in [0, 0.1) is 17.8 Å². The molecule has 4 fully saturated rings. The van der Waals surface area contributed by atoms with Crippen LogP contribution >= 0.6 is 15.9 Å². The summed E-state index contributed by atoms with van der Waals surface area (Å²) in [5.41, 5.74) is 1.20. The molecule has 188 valence electrons. The van der Waals surface area contributed by atoms with Crippen LogP contribution in [0.2, 0.25) is 0 Å². The molecule has 1 heterocycles. The van der Waals surface area contributed by atoms with Crippen LogP contribution in [-0.4, -0.2) is 33.1 Å². The van der Waals surface area contributed by atoms with Crippen molar-refractivity contribution in [3.05, 3.63) is 69.2 Å². The van der Waals surface area contributed by atoms with Crippen LogP contribution in [0.5, 0.6) is 0 Å². The van der Waals surface area contributed by atoms with Crippen molar-refractivity contribution in [2.75, 3.05) is 7.05 Å². The average Bonchev–Trinajstić information content (AvgIpc) is 2.84. The molecule has 4 bridgehead atoms. The van der Waals surface area contributed by atoms with Gasteiger partial charge in [0.25, 0.3) is 5.56 Å². The Hall–Kier alpha value is -2.67. The fraction of sp³-hybridized carbons (Fsp3) is 0.483. The monoisotopic (exact) mass is 548 g/mol. The molecule has 36 heavy (non-hydrogen) atoms. The maximum absolute atomic E-state index is 13.7. The number of rotatable bonds is 5. The van der Waals surface area contributed by atoms with Crippen LogP contribution in [0.1, 0.15) is 63.7 Å². The molecule has 0 spiro atoms. The highest BCUT2D eigenvalue weighted by molar-refractivity contribution is 9.10. The number of nitrogens with one attached hydrogen (secondary N) is 1. The Balaban J connectivity index is 1.37. The number of aromatic nitrogens is 2. The lowest BCUT2D eigenvalue weighted by molar-refractivity contribution is -0.0160. The Morgan fingerprint density at radius 3 is 2.31 bits per heavy atom. The minimum Gasteiger partial charge on any atom is -0.333 e. The number of halogens is 1. The second kappa shape index (κ2) is 9.02. The first-order chi connectivity index (χ1) is 17.4. The zero-order valence-electron chi connectivity index (χ0n) is 20.9. The number of para-hydroxylation sites is 1. The lowest BCUT2D eigenvalue weighted by Crippen LogP contribution is -2.61. The van der Waals surface area contributed by atoms with Gasteiger partial charge < -0.3 is 10.2 Å². The van der Waals surface area contributed by atoms with E-state index in [1.165, 1.54) is 19.3 Å². The highest BCUT2D eigenvalue weighted by atomic mass is 79.9. The number of benzene rings is 2. The third-order valence-electron chi connectivity index (χ3n) is 8.77. The normalized spacial score (nSPS) is 27.2. The molecule has 0 aliphatic heterocycles. The molecular formula is C29H33BrN4O2. The van der Waals surface area contributed by atoms with Gasteiger partial charge in [-0.05, 0) is 99.1 Å². The molecule has 1 atom stereocenters. The third-order valence-corrected chi connectivity index (χ3v) is 9.30. The second-order valence-corrected chi connectivity index (χ2v) is 12.2. The minimum absolute atomic E-state index is 0.0615. The van der Waals surface area contributed by atoms with E-state index in [2.05, 4.69) is 21.2 Å². The van der Waals surface area contributed by atoms with Crippen LogP contribution in [0.15, 0.2) is 57.8 Å².